The average Bonchev–Trinajstić information content (AvgIpc) is 2.69. The number of anilines is 2. The van der Waals surface area contributed by atoms with Crippen LogP contribution in [-0.2, 0) is 11.3 Å². The van der Waals surface area contributed by atoms with E-state index < -0.39 is 0 Å². The molecule has 0 atom stereocenters. The van der Waals surface area contributed by atoms with Crippen molar-refractivity contribution in [2.45, 2.75) is 13.5 Å². The zero-order valence-electron chi connectivity index (χ0n) is 15.6. The highest BCUT2D eigenvalue weighted by molar-refractivity contribution is 6.32. The summed E-state index contributed by atoms with van der Waals surface area (Å²) in [5, 5.41) is 8.81. The predicted molar refractivity (Wildman–Crippen MR) is 110 cm³/mol. The second kappa shape index (κ2) is 9.32. The van der Waals surface area contributed by atoms with E-state index in [4.69, 9.17) is 16.3 Å². The quantitative estimate of drug-likeness (QED) is 0.693. The lowest BCUT2D eigenvalue weighted by atomic mass is 10.2. The fourth-order valence-corrected chi connectivity index (χ4v) is 3.13. The summed E-state index contributed by atoms with van der Waals surface area (Å²) in [7, 11) is 0. The van der Waals surface area contributed by atoms with Crippen LogP contribution in [0.4, 0.5) is 16.2 Å². The Morgan fingerprint density at radius 2 is 2.04 bits per heavy atom. The number of benzene rings is 2. The first kappa shape index (κ1) is 19.8. The van der Waals surface area contributed by atoms with E-state index >= 15 is 0 Å². The molecule has 1 aliphatic heterocycles. The summed E-state index contributed by atoms with van der Waals surface area (Å²) >= 11 is 6.13. The SMILES string of the molecule is CCOc1ccc(NC(=O)NCc2ccc(N3CCNC(=O)C3)cc2)cc1Cl. The van der Waals surface area contributed by atoms with Crippen molar-refractivity contribution in [3.05, 3.63) is 53.1 Å². The van der Waals surface area contributed by atoms with Crippen LogP contribution >= 0.6 is 11.6 Å². The standard InChI is InChI=1S/C20H23ClN4O3/c1-2-28-18-8-5-15(11-17(18)21)24-20(27)23-12-14-3-6-16(7-4-14)25-10-9-22-19(26)13-25/h3-8,11H,2,9-10,12-13H2,1H3,(H,22,26)(H2,23,24,27). The Hall–Kier alpha value is -2.93. The smallest absolute Gasteiger partial charge is 0.319 e. The second-order valence-corrected chi connectivity index (χ2v) is 6.73. The Bertz CT molecular complexity index is 842. The lowest BCUT2D eigenvalue weighted by molar-refractivity contribution is -0.120. The van der Waals surface area contributed by atoms with Gasteiger partial charge in [0.05, 0.1) is 18.2 Å². The van der Waals surface area contributed by atoms with Gasteiger partial charge in [0.25, 0.3) is 0 Å². The zero-order valence-corrected chi connectivity index (χ0v) is 16.4. The first-order valence-electron chi connectivity index (χ1n) is 9.13. The third kappa shape index (κ3) is 5.29. The number of halogens is 1. The molecule has 0 radical (unpaired) electrons. The monoisotopic (exact) mass is 402 g/mol. The van der Waals surface area contributed by atoms with Crippen LogP contribution in [0.2, 0.25) is 5.02 Å². The van der Waals surface area contributed by atoms with Crippen molar-refractivity contribution in [2.24, 2.45) is 0 Å². The molecule has 0 aromatic heterocycles. The van der Waals surface area contributed by atoms with Crippen molar-refractivity contribution >= 4 is 34.9 Å². The molecule has 28 heavy (non-hydrogen) atoms. The Kier molecular flexibility index (Phi) is 6.60. The number of ether oxygens (including phenoxy) is 1. The van der Waals surface area contributed by atoms with Gasteiger partial charge in [0.2, 0.25) is 5.91 Å². The molecule has 148 valence electrons. The highest BCUT2D eigenvalue weighted by Gasteiger charge is 2.16. The summed E-state index contributed by atoms with van der Waals surface area (Å²) in [6.07, 6.45) is 0. The first-order valence-corrected chi connectivity index (χ1v) is 9.50. The van der Waals surface area contributed by atoms with E-state index in [1.807, 2.05) is 36.1 Å². The summed E-state index contributed by atoms with van der Waals surface area (Å²) in [5.74, 6) is 0.615. The van der Waals surface area contributed by atoms with Crippen molar-refractivity contribution in [3.63, 3.8) is 0 Å². The molecule has 3 N–H and O–H groups in total. The molecular weight excluding hydrogens is 380 g/mol. The molecule has 0 spiro atoms. The Labute approximate surface area is 169 Å². The number of carbonyl (C=O) groups is 2. The maximum atomic E-state index is 12.1. The predicted octanol–water partition coefficient (Wildman–Crippen LogP) is 3.00. The van der Waals surface area contributed by atoms with E-state index in [2.05, 4.69) is 16.0 Å². The van der Waals surface area contributed by atoms with Crippen molar-refractivity contribution in [1.82, 2.24) is 10.6 Å². The summed E-state index contributed by atoms with van der Waals surface area (Å²) in [4.78, 5) is 25.6. The summed E-state index contributed by atoms with van der Waals surface area (Å²) < 4.78 is 5.38. The zero-order chi connectivity index (χ0) is 19.9. The van der Waals surface area contributed by atoms with Crippen LogP contribution in [0.25, 0.3) is 0 Å². The molecule has 1 fully saturated rings. The summed E-state index contributed by atoms with van der Waals surface area (Å²) in [6, 6.07) is 12.6. The van der Waals surface area contributed by atoms with Crippen molar-refractivity contribution in [2.75, 3.05) is 36.5 Å². The molecule has 8 heteroatoms. The largest absolute Gasteiger partial charge is 0.492 e. The van der Waals surface area contributed by atoms with E-state index in [9.17, 15) is 9.59 Å². The lowest BCUT2D eigenvalue weighted by Crippen LogP contribution is -2.47. The first-order chi connectivity index (χ1) is 13.5. The minimum Gasteiger partial charge on any atom is -0.492 e. The van der Waals surface area contributed by atoms with Gasteiger partial charge >= 0.3 is 6.03 Å². The van der Waals surface area contributed by atoms with Gasteiger partial charge in [-0.15, -0.1) is 0 Å². The molecule has 3 amide bonds. The fourth-order valence-electron chi connectivity index (χ4n) is 2.89. The van der Waals surface area contributed by atoms with Crippen LogP contribution < -0.4 is 25.6 Å². The maximum Gasteiger partial charge on any atom is 0.319 e. The molecule has 3 rings (SSSR count). The normalized spacial score (nSPS) is 13.6. The number of urea groups is 1. The van der Waals surface area contributed by atoms with Crippen LogP contribution in [-0.4, -0.2) is 38.2 Å². The van der Waals surface area contributed by atoms with Gasteiger partial charge < -0.3 is 25.6 Å². The number of carbonyl (C=O) groups excluding carboxylic acids is 2. The van der Waals surface area contributed by atoms with Gasteiger partial charge in [-0.2, -0.15) is 0 Å². The number of piperazine rings is 1. The number of nitrogens with one attached hydrogen (secondary N) is 3. The van der Waals surface area contributed by atoms with Crippen LogP contribution in [0.5, 0.6) is 5.75 Å². The topological polar surface area (TPSA) is 82.7 Å². The van der Waals surface area contributed by atoms with Crippen molar-refractivity contribution in [1.29, 1.82) is 0 Å². The molecule has 0 saturated carbocycles. The number of hydrogen-bond donors (Lipinski definition) is 3. The minimum atomic E-state index is -0.322. The van der Waals surface area contributed by atoms with Crippen LogP contribution in [0, 0.1) is 0 Å². The van der Waals surface area contributed by atoms with Crippen LogP contribution in [0.15, 0.2) is 42.5 Å². The molecule has 2 aromatic carbocycles. The third-order valence-electron chi connectivity index (χ3n) is 4.28. The van der Waals surface area contributed by atoms with Gasteiger partial charge in [0.15, 0.2) is 0 Å². The van der Waals surface area contributed by atoms with E-state index in [1.54, 1.807) is 18.2 Å². The molecule has 0 aliphatic carbocycles. The molecule has 0 unspecified atom stereocenters. The number of rotatable bonds is 6. The molecule has 7 nitrogen and oxygen atoms in total. The van der Waals surface area contributed by atoms with Crippen LogP contribution in [0.3, 0.4) is 0 Å². The van der Waals surface area contributed by atoms with Crippen molar-refractivity contribution < 1.29 is 14.3 Å². The number of hydrogen-bond acceptors (Lipinski definition) is 4. The average molecular weight is 403 g/mol. The van der Waals surface area contributed by atoms with E-state index in [1.165, 1.54) is 0 Å². The summed E-state index contributed by atoms with van der Waals surface area (Å²) in [6.45, 7) is 4.60. The maximum absolute atomic E-state index is 12.1. The van der Waals surface area contributed by atoms with E-state index in [-0.39, 0.29) is 11.9 Å². The molecular formula is C20H23ClN4O3. The number of nitrogens with zero attached hydrogens (tertiary/aromatic N) is 1. The van der Waals surface area contributed by atoms with Gasteiger partial charge in [0, 0.05) is 31.0 Å². The van der Waals surface area contributed by atoms with Crippen LogP contribution in [0.1, 0.15) is 12.5 Å². The molecule has 0 bridgehead atoms. The minimum absolute atomic E-state index is 0.0306. The highest BCUT2D eigenvalue weighted by atomic mass is 35.5. The van der Waals surface area contributed by atoms with Crippen molar-refractivity contribution in [3.8, 4) is 5.75 Å². The van der Waals surface area contributed by atoms with Gasteiger partial charge in [-0.1, -0.05) is 23.7 Å². The highest BCUT2D eigenvalue weighted by Crippen LogP contribution is 2.27. The second-order valence-electron chi connectivity index (χ2n) is 6.32. The van der Waals surface area contributed by atoms with Gasteiger partial charge in [-0.05, 0) is 42.8 Å². The number of amides is 3. The van der Waals surface area contributed by atoms with E-state index in [0.29, 0.717) is 42.7 Å². The molecule has 1 saturated heterocycles. The summed E-state index contributed by atoms with van der Waals surface area (Å²) in [5.41, 5.74) is 2.54. The molecule has 1 aliphatic rings. The Balaban J connectivity index is 1.50. The fraction of sp³-hybridized carbons (Fsp3) is 0.300. The third-order valence-corrected chi connectivity index (χ3v) is 4.58. The molecule has 2 aromatic rings. The van der Waals surface area contributed by atoms with Gasteiger partial charge in [0.1, 0.15) is 5.75 Å². The van der Waals surface area contributed by atoms with E-state index in [0.717, 1.165) is 17.8 Å². The Morgan fingerprint density at radius 3 is 2.71 bits per heavy atom. The van der Waals surface area contributed by atoms with Gasteiger partial charge in [-0.25, -0.2) is 4.79 Å². The Morgan fingerprint density at radius 1 is 1.25 bits per heavy atom. The molecule has 1 heterocycles. The lowest BCUT2D eigenvalue weighted by Gasteiger charge is -2.28. The van der Waals surface area contributed by atoms with Gasteiger partial charge in [-0.3, -0.25) is 4.79 Å².